The number of aliphatic hydroxyl groups excluding tert-OH is 1. The number of ether oxygens (including phenoxy) is 2. The number of ketones is 1. The van der Waals surface area contributed by atoms with Crippen LogP contribution in [0.25, 0.3) is 0 Å². The van der Waals surface area contributed by atoms with Crippen molar-refractivity contribution >= 4 is 34.8 Å². The zero-order valence-electron chi connectivity index (χ0n) is 22.6. The number of carbonyl (C=O) groups is 3. The number of hydrogen-bond acceptors (Lipinski definition) is 7. The van der Waals surface area contributed by atoms with Crippen LogP contribution in [-0.2, 0) is 9.53 Å². The minimum Gasteiger partial charge on any atom is -0.491 e. The highest BCUT2D eigenvalue weighted by molar-refractivity contribution is 6.01. The summed E-state index contributed by atoms with van der Waals surface area (Å²) in [5.74, 6) is 0.136. The Balaban J connectivity index is 1.64. The van der Waals surface area contributed by atoms with Gasteiger partial charge in [-0.15, -0.1) is 0 Å². The molecule has 3 rings (SSSR count). The van der Waals surface area contributed by atoms with E-state index in [1.165, 1.54) is 13.0 Å². The fourth-order valence-electron chi connectivity index (χ4n) is 3.97. The normalized spacial score (nSPS) is 12.4. The molecule has 3 aromatic rings. The molecule has 0 aromatic heterocycles. The molecular weight excluding hydrogens is 510 g/mol. The number of para-hydroxylation sites is 2. The number of nitrogen functional groups attached to an aromatic ring is 1. The topological polar surface area (TPSA) is 140 Å². The van der Waals surface area contributed by atoms with E-state index in [0.717, 1.165) is 5.56 Å². The zero-order chi connectivity index (χ0) is 28.9. The van der Waals surface area contributed by atoms with Crippen LogP contribution in [-0.4, -0.2) is 36.1 Å². The van der Waals surface area contributed by atoms with Crippen LogP contribution < -0.4 is 21.1 Å². The number of benzene rings is 3. The van der Waals surface area contributed by atoms with Gasteiger partial charge in [0.25, 0.3) is 0 Å². The summed E-state index contributed by atoms with van der Waals surface area (Å²) in [6, 6.07) is 20.7. The van der Waals surface area contributed by atoms with Gasteiger partial charge in [-0.3, -0.25) is 14.9 Å². The molecule has 0 unspecified atom stereocenters. The van der Waals surface area contributed by atoms with Crippen molar-refractivity contribution in [2.24, 2.45) is 5.92 Å². The number of Topliss-reactive ketones (excluding diaryl/α,β-unsaturated/α-hetero) is 1. The van der Waals surface area contributed by atoms with E-state index < -0.39 is 12.2 Å². The van der Waals surface area contributed by atoms with Gasteiger partial charge in [-0.05, 0) is 85.9 Å². The average Bonchev–Trinajstić information content (AvgIpc) is 2.94. The fourth-order valence-corrected chi connectivity index (χ4v) is 3.97. The van der Waals surface area contributed by atoms with Gasteiger partial charge >= 0.3 is 6.09 Å². The van der Waals surface area contributed by atoms with Crippen molar-refractivity contribution in [3.63, 3.8) is 0 Å². The maximum atomic E-state index is 12.8. The first kappa shape index (κ1) is 29.9. The number of allylic oxidation sites excluding steroid dienone is 1. The predicted molar refractivity (Wildman–Crippen MR) is 155 cm³/mol. The van der Waals surface area contributed by atoms with E-state index in [2.05, 4.69) is 10.6 Å². The molecular formula is C31H35N3O6. The Labute approximate surface area is 234 Å². The van der Waals surface area contributed by atoms with Crippen LogP contribution in [0, 0.1) is 5.92 Å². The van der Waals surface area contributed by atoms with Crippen molar-refractivity contribution in [1.29, 1.82) is 0 Å². The molecule has 0 spiro atoms. The van der Waals surface area contributed by atoms with Gasteiger partial charge in [0.15, 0.2) is 5.78 Å². The van der Waals surface area contributed by atoms with Crippen LogP contribution in [0.1, 0.15) is 48.7 Å². The number of nitrogens with one attached hydrogen (secondary N) is 2. The highest BCUT2D eigenvalue weighted by Crippen LogP contribution is 2.31. The molecule has 5 N–H and O–H groups in total. The molecule has 2 amide bonds. The Kier molecular flexibility index (Phi) is 11.3. The maximum absolute atomic E-state index is 12.8. The molecule has 0 aliphatic heterocycles. The minimum atomic E-state index is -0.636. The molecule has 0 saturated carbocycles. The Bertz CT molecular complexity index is 1310. The maximum Gasteiger partial charge on any atom is 0.412 e. The Morgan fingerprint density at radius 1 is 0.975 bits per heavy atom. The third-order valence-corrected chi connectivity index (χ3v) is 6.13. The van der Waals surface area contributed by atoms with Gasteiger partial charge in [-0.2, -0.15) is 0 Å². The minimum absolute atomic E-state index is 0.0647. The smallest absolute Gasteiger partial charge is 0.412 e. The van der Waals surface area contributed by atoms with Gasteiger partial charge in [0, 0.05) is 11.3 Å². The Hall–Kier alpha value is -4.63. The van der Waals surface area contributed by atoms with Crippen molar-refractivity contribution < 1.29 is 29.0 Å². The van der Waals surface area contributed by atoms with Gasteiger partial charge in [0.1, 0.15) is 18.5 Å². The number of anilines is 3. The second-order valence-corrected chi connectivity index (χ2v) is 9.26. The highest BCUT2D eigenvalue weighted by atomic mass is 16.6. The van der Waals surface area contributed by atoms with E-state index in [1.807, 2.05) is 19.1 Å². The molecule has 2 atom stereocenters. The molecule has 9 nitrogen and oxygen atoms in total. The summed E-state index contributed by atoms with van der Waals surface area (Å²) in [4.78, 5) is 36.6. The lowest BCUT2D eigenvalue weighted by Crippen LogP contribution is -2.22. The van der Waals surface area contributed by atoms with Crippen molar-refractivity contribution in [3.05, 3.63) is 96.1 Å². The van der Waals surface area contributed by atoms with Gasteiger partial charge in [-0.25, -0.2) is 4.79 Å². The molecule has 0 radical (unpaired) electrons. The molecule has 40 heavy (non-hydrogen) atoms. The fraction of sp³-hybridized carbons (Fsp3) is 0.258. The summed E-state index contributed by atoms with van der Waals surface area (Å²) in [7, 11) is 0. The summed E-state index contributed by atoms with van der Waals surface area (Å²) in [6.07, 6.45) is 3.21. The molecule has 0 saturated heterocycles. The molecule has 0 heterocycles. The lowest BCUT2D eigenvalue weighted by molar-refractivity contribution is -0.111. The highest BCUT2D eigenvalue weighted by Gasteiger charge is 2.24. The second kappa shape index (κ2) is 15.1. The molecule has 0 bridgehead atoms. The number of nitrogens with two attached hydrogens (primary N) is 1. The van der Waals surface area contributed by atoms with Crippen LogP contribution in [0.2, 0.25) is 0 Å². The van der Waals surface area contributed by atoms with Crippen molar-refractivity contribution in [2.75, 3.05) is 29.6 Å². The summed E-state index contributed by atoms with van der Waals surface area (Å²) >= 11 is 0. The van der Waals surface area contributed by atoms with Crippen molar-refractivity contribution in [3.8, 4) is 5.75 Å². The van der Waals surface area contributed by atoms with Gasteiger partial charge < -0.3 is 25.6 Å². The average molecular weight is 546 g/mol. The largest absolute Gasteiger partial charge is 0.491 e. The zero-order valence-corrected chi connectivity index (χ0v) is 22.6. The van der Waals surface area contributed by atoms with Crippen LogP contribution in [0.4, 0.5) is 21.9 Å². The molecule has 210 valence electrons. The number of hydrogen-bond donors (Lipinski definition) is 4. The summed E-state index contributed by atoms with van der Waals surface area (Å²) < 4.78 is 11.3. The van der Waals surface area contributed by atoms with Crippen molar-refractivity contribution in [2.45, 2.75) is 32.8 Å². The summed E-state index contributed by atoms with van der Waals surface area (Å²) in [5, 5.41) is 14.4. The monoisotopic (exact) mass is 545 g/mol. The van der Waals surface area contributed by atoms with E-state index in [0.29, 0.717) is 41.2 Å². The third kappa shape index (κ3) is 9.28. The Morgan fingerprint density at radius 2 is 1.68 bits per heavy atom. The van der Waals surface area contributed by atoms with E-state index >= 15 is 0 Å². The first-order valence-corrected chi connectivity index (χ1v) is 13.0. The van der Waals surface area contributed by atoms with Gasteiger partial charge in [0.05, 0.1) is 18.0 Å². The van der Waals surface area contributed by atoms with Crippen LogP contribution in [0.3, 0.4) is 0 Å². The first-order chi connectivity index (χ1) is 19.3. The first-order valence-electron chi connectivity index (χ1n) is 13.0. The lowest BCUT2D eigenvalue weighted by Gasteiger charge is -2.25. The SMILES string of the molecule is CC(=O)c1ccc(NC(=O)O[C@H](c2ccc(OCCO)cc2)[C@@H](C)CC/C=C/C(=O)Nc2ccccc2N)cc1. The number of rotatable bonds is 13. The quantitative estimate of drug-likeness (QED) is 0.122. The lowest BCUT2D eigenvalue weighted by atomic mass is 9.93. The number of amides is 2. The standard InChI is InChI=1S/C31H35N3O6/c1-21(7-3-6-10-29(37)34-28-9-5-4-8-27(28)32)30(24-13-17-26(18-14-24)39-20-19-35)40-31(38)33-25-15-11-23(12-16-25)22(2)36/h4-6,8-18,21,30,35H,3,7,19-20,32H2,1-2H3,(H,33,38)(H,34,37)/b10-6+/t21-,30-/m0/s1. The summed E-state index contributed by atoms with van der Waals surface area (Å²) in [6.45, 7) is 3.53. The molecule has 3 aromatic carbocycles. The molecule has 0 aliphatic carbocycles. The van der Waals surface area contributed by atoms with Crippen LogP contribution in [0.15, 0.2) is 84.9 Å². The second-order valence-electron chi connectivity index (χ2n) is 9.26. The van der Waals surface area contributed by atoms with E-state index in [1.54, 1.807) is 66.7 Å². The predicted octanol–water partition coefficient (Wildman–Crippen LogP) is 5.74. The number of aliphatic hydroxyl groups is 1. The van der Waals surface area contributed by atoms with Crippen molar-refractivity contribution in [1.82, 2.24) is 0 Å². The van der Waals surface area contributed by atoms with E-state index in [-0.39, 0.29) is 30.8 Å². The molecule has 0 aliphatic rings. The van der Waals surface area contributed by atoms with Crippen LogP contribution in [0.5, 0.6) is 5.75 Å². The summed E-state index contributed by atoms with van der Waals surface area (Å²) in [5.41, 5.74) is 8.72. The third-order valence-electron chi connectivity index (χ3n) is 6.13. The van der Waals surface area contributed by atoms with Crippen LogP contribution >= 0.6 is 0 Å². The molecule has 9 heteroatoms. The van der Waals surface area contributed by atoms with E-state index in [9.17, 15) is 14.4 Å². The van der Waals surface area contributed by atoms with Gasteiger partial charge in [0.2, 0.25) is 5.91 Å². The molecule has 0 fully saturated rings. The number of carbonyl (C=O) groups excluding carboxylic acids is 3. The Morgan fingerprint density at radius 3 is 2.33 bits per heavy atom. The van der Waals surface area contributed by atoms with E-state index in [4.69, 9.17) is 20.3 Å². The van der Waals surface area contributed by atoms with Gasteiger partial charge in [-0.1, -0.05) is 37.3 Å².